The van der Waals surface area contributed by atoms with Crippen LogP contribution in [0.4, 0.5) is 5.69 Å². The number of rotatable bonds is 3. The lowest BCUT2D eigenvalue weighted by molar-refractivity contribution is -0.0713. The van der Waals surface area contributed by atoms with E-state index in [1.165, 1.54) is 0 Å². The molecule has 0 spiro atoms. The number of benzene rings is 1. The Morgan fingerprint density at radius 3 is 2.50 bits per heavy atom. The number of hydrogen-bond acceptors (Lipinski definition) is 4. The van der Waals surface area contributed by atoms with E-state index < -0.39 is 11.1 Å². The van der Waals surface area contributed by atoms with Gasteiger partial charge in [-0.1, -0.05) is 6.07 Å². The topological polar surface area (TPSA) is 54.3 Å². The van der Waals surface area contributed by atoms with Gasteiger partial charge in [0.05, 0.1) is 24.4 Å². The second-order valence-electron chi connectivity index (χ2n) is 6.42. The van der Waals surface area contributed by atoms with Crippen molar-refractivity contribution in [2.75, 3.05) is 12.4 Å². The van der Waals surface area contributed by atoms with Gasteiger partial charge < -0.3 is 14.8 Å². The van der Waals surface area contributed by atoms with Crippen molar-refractivity contribution in [3.63, 3.8) is 0 Å². The summed E-state index contributed by atoms with van der Waals surface area (Å²) in [6, 6.07) is 10.0. The molecule has 1 saturated heterocycles. The molecule has 1 atom stereocenters. The van der Waals surface area contributed by atoms with Crippen LogP contribution in [-0.2, 0) is 4.74 Å². The standard InChI is InChI=1S/C16H22N2O2/c1-14(2)10-16(11-17,15(3,4)20-14)18-12-7-6-8-13(9-12)19-5/h6-9,18H,10H2,1-5H3. The number of ether oxygens (including phenoxy) is 2. The van der Waals surface area contributed by atoms with E-state index in [2.05, 4.69) is 11.4 Å². The fourth-order valence-electron chi connectivity index (χ4n) is 3.01. The first-order chi connectivity index (χ1) is 9.24. The first kappa shape index (κ1) is 14.7. The largest absolute Gasteiger partial charge is 0.497 e. The van der Waals surface area contributed by atoms with E-state index in [4.69, 9.17) is 9.47 Å². The molecule has 1 aromatic carbocycles. The van der Waals surface area contributed by atoms with E-state index in [1.807, 2.05) is 52.0 Å². The fourth-order valence-corrected chi connectivity index (χ4v) is 3.01. The predicted octanol–water partition coefficient (Wildman–Crippen LogP) is 3.35. The maximum Gasteiger partial charge on any atom is 0.156 e. The van der Waals surface area contributed by atoms with Gasteiger partial charge in [0.1, 0.15) is 5.75 Å². The van der Waals surface area contributed by atoms with Crippen LogP contribution < -0.4 is 10.1 Å². The Bertz CT molecular complexity index is 546. The maximum atomic E-state index is 9.75. The van der Waals surface area contributed by atoms with Crippen molar-refractivity contribution in [1.29, 1.82) is 5.26 Å². The number of methoxy groups -OCH3 is 1. The molecule has 2 rings (SSSR count). The first-order valence-electron chi connectivity index (χ1n) is 6.77. The van der Waals surface area contributed by atoms with Gasteiger partial charge in [-0.15, -0.1) is 0 Å². The van der Waals surface area contributed by atoms with Crippen molar-refractivity contribution in [3.8, 4) is 11.8 Å². The zero-order valence-corrected chi connectivity index (χ0v) is 12.8. The van der Waals surface area contributed by atoms with Crippen molar-refractivity contribution in [3.05, 3.63) is 24.3 Å². The molecular weight excluding hydrogens is 252 g/mol. The Morgan fingerprint density at radius 1 is 1.30 bits per heavy atom. The Balaban J connectivity index is 2.35. The number of hydrogen-bond donors (Lipinski definition) is 1. The molecule has 1 unspecified atom stereocenters. The highest BCUT2D eigenvalue weighted by molar-refractivity contribution is 5.53. The Hall–Kier alpha value is -1.73. The minimum Gasteiger partial charge on any atom is -0.497 e. The molecule has 0 radical (unpaired) electrons. The van der Waals surface area contributed by atoms with E-state index in [0.717, 1.165) is 11.4 Å². The van der Waals surface area contributed by atoms with Crippen molar-refractivity contribution in [2.24, 2.45) is 0 Å². The monoisotopic (exact) mass is 274 g/mol. The summed E-state index contributed by atoms with van der Waals surface area (Å²) in [5, 5.41) is 13.1. The average Bonchev–Trinajstić information content (AvgIpc) is 2.54. The zero-order valence-electron chi connectivity index (χ0n) is 12.8. The summed E-state index contributed by atoms with van der Waals surface area (Å²) in [6.07, 6.45) is 0.626. The summed E-state index contributed by atoms with van der Waals surface area (Å²) in [5.41, 5.74) is -0.803. The lowest BCUT2D eigenvalue weighted by Gasteiger charge is -2.35. The highest BCUT2D eigenvalue weighted by Gasteiger charge is 2.58. The lowest BCUT2D eigenvalue weighted by atomic mass is 9.80. The predicted molar refractivity (Wildman–Crippen MR) is 78.8 cm³/mol. The third-order valence-electron chi connectivity index (χ3n) is 3.87. The highest BCUT2D eigenvalue weighted by Crippen LogP contribution is 2.46. The first-order valence-corrected chi connectivity index (χ1v) is 6.77. The SMILES string of the molecule is COc1cccc(NC2(C#N)CC(C)(C)OC2(C)C)c1. The molecular formula is C16H22N2O2. The van der Waals surface area contributed by atoms with E-state index in [0.29, 0.717) is 6.42 Å². The highest BCUT2D eigenvalue weighted by atomic mass is 16.5. The summed E-state index contributed by atoms with van der Waals surface area (Å²) >= 11 is 0. The number of nitriles is 1. The molecule has 1 heterocycles. The van der Waals surface area contributed by atoms with E-state index in [-0.39, 0.29) is 5.60 Å². The third kappa shape index (κ3) is 2.46. The molecule has 0 amide bonds. The van der Waals surface area contributed by atoms with Gasteiger partial charge in [0.15, 0.2) is 5.54 Å². The molecule has 0 bridgehead atoms. The van der Waals surface area contributed by atoms with Crippen molar-refractivity contribution >= 4 is 5.69 Å². The van der Waals surface area contributed by atoms with Gasteiger partial charge in [0.25, 0.3) is 0 Å². The lowest BCUT2D eigenvalue weighted by Crippen LogP contribution is -2.51. The van der Waals surface area contributed by atoms with E-state index in [1.54, 1.807) is 7.11 Å². The van der Waals surface area contributed by atoms with Crippen LogP contribution >= 0.6 is 0 Å². The number of nitrogens with one attached hydrogen (secondary N) is 1. The Kier molecular flexibility index (Phi) is 3.43. The van der Waals surface area contributed by atoms with Crippen LogP contribution in [0.3, 0.4) is 0 Å². The zero-order chi connectivity index (χ0) is 15.0. The smallest absolute Gasteiger partial charge is 0.156 e. The summed E-state index contributed by atoms with van der Waals surface area (Å²) in [4.78, 5) is 0. The van der Waals surface area contributed by atoms with Crippen LogP contribution in [0.2, 0.25) is 0 Å². The maximum absolute atomic E-state index is 9.75. The van der Waals surface area contributed by atoms with E-state index in [9.17, 15) is 5.26 Å². The molecule has 0 saturated carbocycles. The average molecular weight is 274 g/mol. The quantitative estimate of drug-likeness (QED) is 0.918. The van der Waals surface area contributed by atoms with Gasteiger partial charge in [0, 0.05) is 18.2 Å². The van der Waals surface area contributed by atoms with Gasteiger partial charge in [0.2, 0.25) is 0 Å². The molecule has 4 nitrogen and oxygen atoms in total. The van der Waals surface area contributed by atoms with Crippen LogP contribution in [0.25, 0.3) is 0 Å². The van der Waals surface area contributed by atoms with Gasteiger partial charge in [-0.05, 0) is 39.8 Å². The molecule has 0 aliphatic carbocycles. The minimum atomic E-state index is -0.761. The Morgan fingerprint density at radius 2 is 2.00 bits per heavy atom. The summed E-state index contributed by atoms with van der Waals surface area (Å²) in [6.45, 7) is 7.94. The summed E-state index contributed by atoms with van der Waals surface area (Å²) in [7, 11) is 1.63. The molecule has 1 aromatic rings. The molecule has 1 fully saturated rings. The minimum absolute atomic E-state index is 0.328. The van der Waals surface area contributed by atoms with Gasteiger partial charge >= 0.3 is 0 Å². The number of nitrogens with zero attached hydrogens (tertiary/aromatic N) is 1. The third-order valence-corrected chi connectivity index (χ3v) is 3.87. The second-order valence-corrected chi connectivity index (χ2v) is 6.42. The van der Waals surface area contributed by atoms with Gasteiger partial charge in [-0.3, -0.25) is 0 Å². The normalized spacial score (nSPS) is 26.8. The van der Waals surface area contributed by atoms with Crippen LogP contribution in [0.15, 0.2) is 24.3 Å². The molecule has 20 heavy (non-hydrogen) atoms. The molecule has 108 valence electrons. The molecule has 0 aromatic heterocycles. The molecule has 4 heteroatoms. The molecule has 1 N–H and O–H groups in total. The fraction of sp³-hybridized carbons (Fsp3) is 0.562. The van der Waals surface area contributed by atoms with Crippen LogP contribution in [0.5, 0.6) is 5.75 Å². The number of anilines is 1. The van der Waals surface area contributed by atoms with Crippen LogP contribution in [0, 0.1) is 11.3 Å². The van der Waals surface area contributed by atoms with Crippen molar-refractivity contribution in [2.45, 2.75) is 50.9 Å². The molecule has 1 aliphatic rings. The van der Waals surface area contributed by atoms with Gasteiger partial charge in [-0.2, -0.15) is 5.26 Å². The van der Waals surface area contributed by atoms with E-state index >= 15 is 0 Å². The second kappa shape index (κ2) is 4.68. The van der Waals surface area contributed by atoms with Crippen LogP contribution in [-0.4, -0.2) is 23.9 Å². The van der Waals surface area contributed by atoms with Gasteiger partial charge in [-0.25, -0.2) is 0 Å². The Labute approximate surface area is 120 Å². The summed E-state index contributed by atoms with van der Waals surface area (Å²) in [5.74, 6) is 0.763. The molecule has 1 aliphatic heterocycles. The van der Waals surface area contributed by atoms with Crippen molar-refractivity contribution in [1.82, 2.24) is 0 Å². The summed E-state index contributed by atoms with van der Waals surface area (Å²) < 4.78 is 11.3. The van der Waals surface area contributed by atoms with Crippen molar-refractivity contribution < 1.29 is 9.47 Å². The van der Waals surface area contributed by atoms with Crippen LogP contribution in [0.1, 0.15) is 34.1 Å².